The summed E-state index contributed by atoms with van der Waals surface area (Å²) in [7, 11) is 0. The summed E-state index contributed by atoms with van der Waals surface area (Å²) in [5.74, 6) is 0. The zero-order chi connectivity index (χ0) is 38.2. The highest BCUT2D eigenvalue weighted by atomic mass is 32.1. The van der Waals surface area contributed by atoms with Gasteiger partial charge in [0.15, 0.2) is 0 Å². The molecule has 0 aliphatic heterocycles. The number of thiophene rings is 1. The SMILES string of the molecule is c1ccc(N(c2ccc3c(c2)C2(c4ccccc4-3)c3ccccc3-c3c(N(c4ccccc4)c4ccccc4)cccc32)c2ccc3c(c2)sc2ccccc23)cc1. The quantitative estimate of drug-likeness (QED) is 0.167. The average Bonchev–Trinajstić information content (AvgIpc) is 3.92. The Morgan fingerprint density at radius 3 is 1.55 bits per heavy atom. The lowest BCUT2D eigenvalue weighted by Gasteiger charge is -2.33. The third-order valence-electron chi connectivity index (χ3n) is 12.2. The summed E-state index contributed by atoms with van der Waals surface area (Å²) in [6.07, 6.45) is 0. The minimum atomic E-state index is -0.527. The van der Waals surface area contributed by atoms with Crippen molar-refractivity contribution in [3.05, 3.63) is 241 Å². The summed E-state index contributed by atoms with van der Waals surface area (Å²) >= 11 is 1.86. The molecule has 0 N–H and O–H groups in total. The lowest BCUT2D eigenvalue weighted by atomic mass is 9.70. The molecule has 10 aromatic rings. The summed E-state index contributed by atoms with van der Waals surface area (Å²) in [6, 6.07) is 80.5. The fourth-order valence-electron chi connectivity index (χ4n) is 9.94. The molecule has 1 unspecified atom stereocenters. The summed E-state index contributed by atoms with van der Waals surface area (Å²) in [6.45, 7) is 0. The summed E-state index contributed by atoms with van der Waals surface area (Å²) in [4.78, 5) is 4.86. The number of anilines is 6. The highest BCUT2D eigenvalue weighted by Gasteiger charge is 2.52. The number of benzene rings is 9. The molecule has 0 saturated carbocycles. The normalized spacial score (nSPS) is 14.6. The van der Waals surface area contributed by atoms with Crippen molar-refractivity contribution >= 4 is 65.6 Å². The van der Waals surface area contributed by atoms with Crippen LogP contribution in [-0.2, 0) is 5.41 Å². The maximum absolute atomic E-state index is 2.49. The van der Waals surface area contributed by atoms with Crippen molar-refractivity contribution in [3.8, 4) is 22.3 Å². The number of para-hydroxylation sites is 3. The van der Waals surface area contributed by atoms with Gasteiger partial charge in [0.25, 0.3) is 0 Å². The van der Waals surface area contributed by atoms with Crippen molar-refractivity contribution in [3.63, 3.8) is 0 Å². The Kier molecular flexibility index (Phi) is 7.35. The molecule has 3 heteroatoms. The molecule has 1 spiro atoms. The van der Waals surface area contributed by atoms with Crippen molar-refractivity contribution in [2.75, 3.05) is 9.80 Å². The predicted octanol–water partition coefficient (Wildman–Crippen LogP) is 15.3. The zero-order valence-corrected chi connectivity index (χ0v) is 32.4. The molecule has 58 heavy (non-hydrogen) atoms. The fraction of sp³-hybridized carbons (Fsp3) is 0.0182. The molecule has 0 bridgehead atoms. The van der Waals surface area contributed by atoms with Gasteiger partial charge in [-0.25, -0.2) is 0 Å². The van der Waals surface area contributed by atoms with E-state index in [1.807, 2.05) is 11.3 Å². The summed E-state index contributed by atoms with van der Waals surface area (Å²) in [5.41, 5.74) is 16.7. The summed E-state index contributed by atoms with van der Waals surface area (Å²) < 4.78 is 2.60. The first kappa shape index (κ1) is 33.0. The van der Waals surface area contributed by atoms with Crippen LogP contribution in [0.4, 0.5) is 34.1 Å². The number of fused-ring (bicyclic) bond motifs is 13. The van der Waals surface area contributed by atoms with Crippen molar-refractivity contribution < 1.29 is 0 Å². The van der Waals surface area contributed by atoms with Gasteiger partial charge in [-0.05, 0) is 112 Å². The van der Waals surface area contributed by atoms with Crippen LogP contribution in [0.15, 0.2) is 218 Å². The smallest absolute Gasteiger partial charge is 0.0727 e. The Balaban J connectivity index is 1.12. The molecule has 1 aromatic heterocycles. The Hall–Kier alpha value is -7.20. The van der Waals surface area contributed by atoms with Crippen LogP contribution in [-0.4, -0.2) is 0 Å². The van der Waals surface area contributed by atoms with Crippen LogP contribution in [0.2, 0.25) is 0 Å². The van der Waals surface area contributed by atoms with Crippen LogP contribution >= 0.6 is 11.3 Å². The molecular weight excluding hydrogens is 721 g/mol. The van der Waals surface area contributed by atoms with Crippen LogP contribution in [0.5, 0.6) is 0 Å². The van der Waals surface area contributed by atoms with Gasteiger partial charge < -0.3 is 9.80 Å². The van der Waals surface area contributed by atoms with Crippen molar-refractivity contribution in [1.29, 1.82) is 0 Å². The topological polar surface area (TPSA) is 6.48 Å². The number of rotatable bonds is 6. The van der Waals surface area contributed by atoms with Gasteiger partial charge in [0, 0.05) is 54.2 Å². The molecule has 0 amide bonds. The van der Waals surface area contributed by atoms with Crippen LogP contribution in [0.25, 0.3) is 42.4 Å². The highest BCUT2D eigenvalue weighted by Crippen LogP contribution is 2.65. The lowest BCUT2D eigenvalue weighted by Crippen LogP contribution is -2.26. The van der Waals surface area contributed by atoms with Gasteiger partial charge in [0.1, 0.15) is 0 Å². The molecule has 2 aliphatic rings. The van der Waals surface area contributed by atoms with Gasteiger partial charge in [-0.3, -0.25) is 0 Å². The van der Waals surface area contributed by atoms with Gasteiger partial charge >= 0.3 is 0 Å². The molecule has 0 fully saturated rings. The van der Waals surface area contributed by atoms with E-state index in [1.54, 1.807) is 0 Å². The van der Waals surface area contributed by atoms with Crippen molar-refractivity contribution in [2.45, 2.75) is 5.41 Å². The first-order chi connectivity index (χ1) is 28.8. The number of hydrogen-bond donors (Lipinski definition) is 0. The summed E-state index contributed by atoms with van der Waals surface area (Å²) in [5, 5.41) is 2.62. The van der Waals surface area contributed by atoms with Gasteiger partial charge in [0.05, 0.1) is 11.1 Å². The van der Waals surface area contributed by atoms with E-state index in [1.165, 1.54) is 70.4 Å². The van der Waals surface area contributed by atoms with Crippen LogP contribution in [0, 0.1) is 0 Å². The fourth-order valence-corrected chi connectivity index (χ4v) is 11.1. The van der Waals surface area contributed by atoms with Crippen LogP contribution in [0.1, 0.15) is 22.3 Å². The maximum Gasteiger partial charge on any atom is 0.0727 e. The lowest BCUT2D eigenvalue weighted by molar-refractivity contribution is 0.793. The van der Waals surface area contributed by atoms with E-state index in [9.17, 15) is 0 Å². The largest absolute Gasteiger partial charge is 0.310 e. The number of hydrogen-bond acceptors (Lipinski definition) is 3. The molecule has 12 rings (SSSR count). The minimum absolute atomic E-state index is 0.527. The third-order valence-corrected chi connectivity index (χ3v) is 13.4. The van der Waals surface area contributed by atoms with Gasteiger partial charge in [-0.2, -0.15) is 0 Å². The molecular formula is C55H36N2S. The molecule has 0 saturated heterocycles. The van der Waals surface area contributed by atoms with E-state index in [0.29, 0.717) is 0 Å². The molecule has 2 aliphatic carbocycles. The highest BCUT2D eigenvalue weighted by molar-refractivity contribution is 7.25. The first-order valence-electron chi connectivity index (χ1n) is 19.9. The Bertz CT molecular complexity index is 3150. The molecule has 0 radical (unpaired) electrons. The Labute approximate surface area is 342 Å². The molecule has 1 heterocycles. The van der Waals surface area contributed by atoms with Crippen molar-refractivity contribution in [1.82, 2.24) is 0 Å². The van der Waals surface area contributed by atoms with E-state index in [4.69, 9.17) is 0 Å². The zero-order valence-electron chi connectivity index (χ0n) is 31.6. The van der Waals surface area contributed by atoms with Gasteiger partial charge in [0.2, 0.25) is 0 Å². The second kappa shape index (κ2) is 12.9. The third kappa shape index (κ3) is 4.71. The van der Waals surface area contributed by atoms with Gasteiger partial charge in [-0.15, -0.1) is 11.3 Å². The molecule has 9 aromatic carbocycles. The standard InChI is InChI=1S/C55H36N2S/c1-4-17-37(18-5-1)56(41-32-34-45-44-24-12-15-30-52(44)58-53(45)36-41)40-31-33-43-42-23-10-13-26-47(42)55(50(43)35-40)48-27-14-11-25-46(48)54-49(55)28-16-29-51(54)57(38-19-6-2-7-20-38)39-21-8-3-9-22-39/h1-36H. The monoisotopic (exact) mass is 756 g/mol. The molecule has 2 nitrogen and oxygen atoms in total. The first-order valence-corrected chi connectivity index (χ1v) is 20.8. The second-order valence-electron chi connectivity index (χ2n) is 15.2. The predicted molar refractivity (Wildman–Crippen MR) is 245 cm³/mol. The van der Waals surface area contributed by atoms with Crippen LogP contribution in [0.3, 0.4) is 0 Å². The maximum atomic E-state index is 2.49. The Morgan fingerprint density at radius 1 is 0.310 bits per heavy atom. The molecule has 272 valence electrons. The molecule has 1 atom stereocenters. The van der Waals surface area contributed by atoms with E-state index in [0.717, 1.165) is 28.4 Å². The minimum Gasteiger partial charge on any atom is -0.310 e. The van der Waals surface area contributed by atoms with Gasteiger partial charge in [-0.1, -0.05) is 146 Å². The van der Waals surface area contributed by atoms with Crippen LogP contribution < -0.4 is 9.80 Å². The average molecular weight is 757 g/mol. The van der Waals surface area contributed by atoms with E-state index < -0.39 is 5.41 Å². The van der Waals surface area contributed by atoms with E-state index >= 15 is 0 Å². The van der Waals surface area contributed by atoms with E-state index in [-0.39, 0.29) is 0 Å². The second-order valence-corrected chi connectivity index (χ2v) is 16.3. The van der Waals surface area contributed by atoms with Crippen molar-refractivity contribution in [2.24, 2.45) is 0 Å². The Morgan fingerprint density at radius 2 is 0.828 bits per heavy atom. The number of nitrogens with zero attached hydrogens (tertiary/aromatic N) is 2. The van der Waals surface area contributed by atoms with E-state index in [2.05, 4.69) is 228 Å².